The van der Waals surface area contributed by atoms with Crippen molar-refractivity contribution in [3.8, 4) is 0 Å². The third-order valence-electron chi connectivity index (χ3n) is 3.72. The normalized spacial score (nSPS) is 11.9. The van der Waals surface area contributed by atoms with E-state index in [9.17, 15) is 14.4 Å². The molecule has 0 spiro atoms. The highest BCUT2D eigenvalue weighted by molar-refractivity contribution is 5.96. The maximum absolute atomic E-state index is 12.2. The highest BCUT2D eigenvalue weighted by Crippen LogP contribution is 2.10. The van der Waals surface area contributed by atoms with Gasteiger partial charge in [0, 0.05) is 45.2 Å². The Morgan fingerprint density at radius 1 is 1.20 bits per heavy atom. The molecule has 7 heteroatoms. The number of carbonyl (C=O) groups excluding carboxylic acids is 2. The van der Waals surface area contributed by atoms with E-state index in [1.807, 2.05) is 13.8 Å². The Kier molecular flexibility index (Phi) is 8.07. The minimum atomic E-state index is -1.10. The summed E-state index contributed by atoms with van der Waals surface area (Å²) in [6, 6.07) is 5.75. The lowest BCUT2D eigenvalue weighted by atomic mass is 10.1. The van der Waals surface area contributed by atoms with Gasteiger partial charge in [-0.1, -0.05) is 26.0 Å². The van der Waals surface area contributed by atoms with Crippen molar-refractivity contribution in [3.05, 3.63) is 35.4 Å². The molecule has 0 aromatic heterocycles. The molecular formula is C18H26N2O5. The van der Waals surface area contributed by atoms with Crippen molar-refractivity contribution in [1.29, 1.82) is 0 Å². The number of hydrogen-bond donors (Lipinski definition) is 2. The molecule has 0 aliphatic carbocycles. The number of ether oxygens (including phenoxy) is 1. The molecule has 2 amide bonds. The number of nitrogens with one attached hydrogen (secondary N) is 1. The van der Waals surface area contributed by atoms with E-state index >= 15 is 0 Å². The molecule has 2 N–H and O–H groups in total. The van der Waals surface area contributed by atoms with Gasteiger partial charge in [-0.3, -0.25) is 9.59 Å². The Morgan fingerprint density at radius 2 is 1.80 bits per heavy atom. The van der Waals surface area contributed by atoms with E-state index in [-0.39, 0.29) is 24.9 Å². The van der Waals surface area contributed by atoms with Gasteiger partial charge in [-0.15, -0.1) is 0 Å². The Morgan fingerprint density at radius 3 is 2.28 bits per heavy atom. The standard InChI is InChI=1S/C18H26N2O5/c1-12(2)17(22)20(3)11-13-5-7-14(8-6-13)16(21)19-15(18(23)24)9-10-25-4/h5-8,12,15H,9-11H2,1-4H3,(H,19,21)(H,23,24). The second-order valence-electron chi connectivity index (χ2n) is 6.19. The van der Waals surface area contributed by atoms with Crippen LogP contribution in [0.3, 0.4) is 0 Å². The summed E-state index contributed by atoms with van der Waals surface area (Å²) < 4.78 is 4.85. The van der Waals surface area contributed by atoms with E-state index in [4.69, 9.17) is 9.84 Å². The topological polar surface area (TPSA) is 95.9 Å². The number of carbonyl (C=O) groups is 3. The predicted molar refractivity (Wildman–Crippen MR) is 93.1 cm³/mol. The summed E-state index contributed by atoms with van der Waals surface area (Å²) in [4.78, 5) is 36.9. The second kappa shape index (κ2) is 9.78. The molecule has 0 saturated carbocycles. The van der Waals surface area contributed by atoms with Crippen molar-refractivity contribution in [2.75, 3.05) is 20.8 Å². The maximum Gasteiger partial charge on any atom is 0.326 e. The predicted octanol–water partition coefficient (Wildman–Crippen LogP) is 1.52. The molecular weight excluding hydrogens is 324 g/mol. The van der Waals surface area contributed by atoms with Crippen LogP contribution in [0.15, 0.2) is 24.3 Å². The van der Waals surface area contributed by atoms with Crippen LogP contribution in [0.5, 0.6) is 0 Å². The number of benzene rings is 1. The van der Waals surface area contributed by atoms with Crippen LogP contribution < -0.4 is 5.32 Å². The summed E-state index contributed by atoms with van der Waals surface area (Å²) in [6.07, 6.45) is 0.192. The first-order valence-corrected chi connectivity index (χ1v) is 8.12. The van der Waals surface area contributed by atoms with E-state index in [2.05, 4.69) is 5.32 Å². The van der Waals surface area contributed by atoms with Gasteiger partial charge >= 0.3 is 5.97 Å². The zero-order valence-electron chi connectivity index (χ0n) is 15.1. The van der Waals surface area contributed by atoms with Crippen LogP contribution in [0.2, 0.25) is 0 Å². The van der Waals surface area contributed by atoms with Gasteiger partial charge in [0.1, 0.15) is 6.04 Å². The number of aliphatic carboxylic acids is 1. The molecule has 0 saturated heterocycles. The van der Waals surface area contributed by atoms with Gasteiger partial charge in [0.2, 0.25) is 5.91 Å². The van der Waals surface area contributed by atoms with E-state index in [0.717, 1.165) is 5.56 Å². The molecule has 1 aromatic carbocycles. The fraction of sp³-hybridized carbons (Fsp3) is 0.500. The fourth-order valence-electron chi connectivity index (χ4n) is 2.29. The fourth-order valence-corrected chi connectivity index (χ4v) is 2.29. The third-order valence-corrected chi connectivity index (χ3v) is 3.72. The first-order chi connectivity index (χ1) is 11.8. The summed E-state index contributed by atoms with van der Waals surface area (Å²) >= 11 is 0. The molecule has 25 heavy (non-hydrogen) atoms. The number of rotatable bonds is 9. The molecule has 1 rings (SSSR count). The summed E-state index contributed by atoms with van der Waals surface area (Å²) in [5.41, 5.74) is 1.26. The molecule has 138 valence electrons. The molecule has 1 aromatic rings. The van der Waals surface area contributed by atoms with Crippen LogP contribution in [0.1, 0.15) is 36.2 Å². The Hall–Kier alpha value is -2.41. The smallest absolute Gasteiger partial charge is 0.326 e. The lowest BCUT2D eigenvalue weighted by Gasteiger charge is -2.19. The van der Waals surface area contributed by atoms with Crippen molar-refractivity contribution in [2.45, 2.75) is 32.9 Å². The zero-order valence-corrected chi connectivity index (χ0v) is 15.1. The number of carboxylic acids is 1. The van der Waals surface area contributed by atoms with Crippen LogP contribution in [0.4, 0.5) is 0 Å². The zero-order chi connectivity index (χ0) is 19.0. The molecule has 1 unspecified atom stereocenters. The maximum atomic E-state index is 12.2. The number of nitrogens with zero attached hydrogens (tertiary/aromatic N) is 1. The summed E-state index contributed by atoms with van der Waals surface area (Å²) in [7, 11) is 3.21. The van der Waals surface area contributed by atoms with Gasteiger partial charge in [0.15, 0.2) is 0 Å². The average molecular weight is 350 g/mol. The first kappa shape index (κ1) is 20.6. The van der Waals surface area contributed by atoms with Crippen LogP contribution in [0.25, 0.3) is 0 Å². The minimum absolute atomic E-state index is 0.0456. The molecule has 0 heterocycles. The quantitative estimate of drug-likeness (QED) is 0.704. The van der Waals surface area contributed by atoms with Gasteiger partial charge in [0.25, 0.3) is 5.91 Å². The Bertz CT molecular complexity index is 598. The molecule has 0 radical (unpaired) electrons. The van der Waals surface area contributed by atoms with E-state index in [0.29, 0.717) is 12.1 Å². The average Bonchev–Trinajstić information content (AvgIpc) is 2.57. The highest BCUT2D eigenvalue weighted by Gasteiger charge is 2.20. The molecule has 0 aliphatic heterocycles. The highest BCUT2D eigenvalue weighted by atomic mass is 16.5. The lowest BCUT2D eigenvalue weighted by Crippen LogP contribution is -2.41. The van der Waals surface area contributed by atoms with Crippen LogP contribution in [0, 0.1) is 5.92 Å². The summed E-state index contributed by atoms with van der Waals surface area (Å²) in [6.45, 7) is 4.38. The van der Waals surface area contributed by atoms with Crippen LogP contribution in [-0.2, 0) is 20.9 Å². The second-order valence-corrected chi connectivity index (χ2v) is 6.19. The number of methoxy groups -OCH3 is 1. The van der Waals surface area contributed by atoms with Crippen molar-refractivity contribution in [1.82, 2.24) is 10.2 Å². The Labute approximate surface area is 148 Å². The monoisotopic (exact) mass is 350 g/mol. The molecule has 0 fully saturated rings. The minimum Gasteiger partial charge on any atom is -0.480 e. The van der Waals surface area contributed by atoms with E-state index in [1.165, 1.54) is 7.11 Å². The molecule has 7 nitrogen and oxygen atoms in total. The van der Waals surface area contributed by atoms with E-state index in [1.54, 1.807) is 36.2 Å². The Balaban J connectivity index is 2.70. The van der Waals surface area contributed by atoms with Gasteiger partial charge < -0.3 is 20.1 Å². The van der Waals surface area contributed by atoms with Gasteiger partial charge in [-0.25, -0.2) is 4.79 Å². The van der Waals surface area contributed by atoms with Gasteiger partial charge in [-0.05, 0) is 17.7 Å². The number of amides is 2. The molecule has 0 aliphatic rings. The van der Waals surface area contributed by atoms with E-state index < -0.39 is 17.9 Å². The number of hydrogen-bond acceptors (Lipinski definition) is 4. The lowest BCUT2D eigenvalue weighted by molar-refractivity contribution is -0.139. The van der Waals surface area contributed by atoms with Crippen molar-refractivity contribution in [2.24, 2.45) is 5.92 Å². The number of carboxylic acid groups (broad SMARTS) is 1. The summed E-state index contributed by atoms with van der Waals surface area (Å²) in [5.74, 6) is -1.59. The van der Waals surface area contributed by atoms with Crippen molar-refractivity contribution >= 4 is 17.8 Å². The molecule has 1 atom stereocenters. The first-order valence-electron chi connectivity index (χ1n) is 8.12. The van der Waals surface area contributed by atoms with Crippen LogP contribution >= 0.6 is 0 Å². The SMILES string of the molecule is COCCC(NC(=O)c1ccc(CN(C)C(=O)C(C)C)cc1)C(=O)O. The van der Waals surface area contributed by atoms with Gasteiger partial charge in [-0.2, -0.15) is 0 Å². The summed E-state index contributed by atoms with van der Waals surface area (Å²) in [5, 5.41) is 11.6. The van der Waals surface area contributed by atoms with Crippen molar-refractivity contribution < 1.29 is 24.2 Å². The largest absolute Gasteiger partial charge is 0.480 e. The van der Waals surface area contributed by atoms with Crippen molar-refractivity contribution in [3.63, 3.8) is 0 Å². The van der Waals surface area contributed by atoms with Gasteiger partial charge in [0.05, 0.1) is 0 Å². The van der Waals surface area contributed by atoms with Crippen LogP contribution in [-0.4, -0.2) is 54.6 Å². The third kappa shape index (κ3) is 6.54. The molecule has 0 bridgehead atoms.